The lowest BCUT2D eigenvalue weighted by atomic mass is 9.84. The van der Waals surface area contributed by atoms with Crippen molar-refractivity contribution in [2.75, 3.05) is 6.61 Å². The molecule has 36 heavy (non-hydrogen) atoms. The van der Waals surface area contributed by atoms with E-state index in [1.54, 1.807) is 42.5 Å². The van der Waals surface area contributed by atoms with Gasteiger partial charge < -0.3 is 4.74 Å². The van der Waals surface area contributed by atoms with Crippen molar-refractivity contribution in [2.45, 2.75) is 46.7 Å². The summed E-state index contributed by atoms with van der Waals surface area (Å²) in [5, 5.41) is 0.276. The lowest BCUT2D eigenvalue weighted by molar-refractivity contribution is -0.210. The van der Waals surface area contributed by atoms with E-state index in [1.807, 2.05) is 13.8 Å². The van der Waals surface area contributed by atoms with E-state index in [4.69, 9.17) is 16.3 Å². The maximum Gasteiger partial charge on any atom is 0.400 e. The molecule has 0 saturated carbocycles. The molecule has 1 heterocycles. The molecule has 3 rings (SSSR count). The number of H-pyrrole nitrogens is 1. The maximum absolute atomic E-state index is 13.2. The van der Waals surface area contributed by atoms with Gasteiger partial charge in [0.2, 0.25) is 0 Å². The standard InChI is InChI=1S/C26H27ClF3N3O3/c1-15(2)14-36-18-9-7-17(8-10-18)22-31-23(33-24(35)32-22)19-13-16(5-11-20(19)27)6-12-21(34)25(3,4)26(28,29)30/h5,7-11,13,15H,6,12,14H2,1-4H3,(H,31,32,33,35). The first-order chi connectivity index (χ1) is 16.8. The largest absolute Gasteiger partial charge is 0.493 e. The molecule has 1 N–H and O–H groups in total. The zero-order valence-electron chi connectivity index (χ0n) is 20.4. The summed E-state index contributed by atoms with van der Waals surface area (Å²) >= 11 is 6.34. The van der Waals surface area contributed by atoms with Crippen molar-refractivity contribution in [3.8, 4) is 28.5 Å². The summed E-state index contributed by atoms with van der Waals surface area (Å²) < 4.78 is 45.2. The number of hydrogen-bond donors (Lipinski definition) is 1. The number of halogens is 4. The molecule has 0 aliphatic rings. The highest BCUT2D eigenvalue weighted by Crippen LogP contribution is 2.39. The van der Waals surface area contributed by atoms with Crippen molar-refractivity contribution in [1.82, 2.24) is 15.0 Å². The molecule has 3 aromatic rings. The molecule has 1 aromatic heterocycles. The molecular weight excluding hydrogens is 495 g/mol. The topological polar surface area (TPSA) is 84.9 Å². The Morgan fingerprint density at radius 2 is 1.75 bits per heavy atom. The third kappa shape index (κ3) is 6.51. The van der Waals surface area contributed by atoms with Gasteiger partial charge in [-0.15, -0.1) is 0 Å². The number of aromatic amines is 1. The minimum atomic E-state index is -4.63. The molecule has 0 fully saturated rings. The second-order valence-corrected chi connectivity index (χ2v) is 9.82. The number of Topliss-reactive ketones (excluding diaryl/α,β-unsaturated/α-hetero) is 1. The zero-order valence-corrected chi connectivity index (χ0v) is 21.1. The van der Waals surface area contributed by atoms with Gasteiger partial charge in [-0.05, 0) is 68.1 Å². The predicted molar refractivity (Wildman–Crippen MR) is 132 cm³/mol. The SMILES string of the molecule is CC(C)COc1ccc(-c2nc(-c3cc(CCC(=O)C(C)(C)C(F)(F)F)ccc3Cl)[nH]c(=O)n2)cc1. The fourth-order valence-corrected chi connectivity index (χ4v) is 3.45. The lowest BCUT2D eigenvalue weighted by Gasteiger charge is -2.26. The molecule has 0 bridgehead atoms. The van der Waals surface area contributed by atoms with Crippen LogP contribution in [-0.4, -0.2) is 33.5 Å². The van der Waals surface area contributed by atoms with Crippen LogP contribution in [0.1, 0.15) is 39.7 Å². The molecule has 2 aromatic carbocycles. The summed E-state index contributed by atoms with van der Waals surface area (Å²) in [4.78, 5) is 35.4. The van der Waals surface area contributed by atoms with E-state index in [1.165, 1.54) is 0 Å². The van der Waals surface area contributed by atoms with Gasteiger partial charge in [0.15, 0.2) is 5.82 Å². The minimum Gasteiger partial charge on any atom is -0.493 e. The van der Waals surface area contributed by atoms with Gasteiger partial charge in [0.05, 0.1) is 11.6 Å². The molecule has 0 spiro atoms. The van der Waals surface area contributed by atoms with Gasteiger partial charge in [0.25, 0.3) is 0 Å². The van der Waals surface area contributed by atoms with E-state index in [-0.39, 0.29) is 29.5 Å². The van der Waals surface area contributed by atoms with Crippen LogP contribution < -0.4 is 10.4 Å². The van der Waals surface area contributed by atoms with E-state index in [0.29, 0.717) is 35.0 Å². The Labute approximate surface area is 211 Å². The van der Waals surface area contributed by atoms with Crippen LogP contribution in [0.2, 0.25) is 5.02 Å². The minimum absolute atomic E-state index is 0.0719. The smallest absolute Gasteiger partial charge is 0.400 e. The fourth-order valence-electron chi connectivity index (χ4n) is 3.24. The number of nitrogens with zero attached hydrogens (tertiary/aromatic N) is 2. The second-order valence-electron chi connectivity index (χ2n) is 9.42. The third-order valence-corrected chi connectivity index (χ3v) is 6.01. The van der Waals surface area contributed by atoms with Crippen molar-refractivity contribution in [3.05, 3.63) is 63.5 Å². The van der Waals surface area contributed by atoms with E-state index < -0.39 is 23.1 Å². The van der Waals surface area contributed by atoms with Gasteiger partial charge in [-0.25, -0.2) is 9.78 Å². The zero-order chi connectivity index (χ0) is 26.7. The van der Waals surface area contributed by atoms with Crippen molar-refractivity contribution < 1.29 is 22.7 Å². The van der Waals surface area contributed by atoms with Gasteiger partial charge >= 0.3 is 11.9 Å². The van der Waals surface area contributed by atoms with Crippen molar-refractivity contribution in [2.24, 2.45) is 11.3 Å². The summed E-state index contributed by atoms with van der Waals surface area (Å²) in [5.74, 6) is 0.464. The molecule has 10 heteroatoms. The second kappa shape index (κ2) is 10.8. The molecule has 0 aliphatic carbocycles. The number of carbonyl (C=O) groups excluding carboxylic acids is 1. The highest BCUT2D eigenvalue weighted by Gasteiger charge is 2.51. The highest BCUT2D eigenvalue weighted by molar-refractivity contribution is 6.33. The van der Waals surface area contributed by atoms with Crippen LogP contribution in [0.15, 0.2) is 47.3 Å². The van der Waals surface area contributed by atoms with Crippen LogP contribution in [0.3, 0.4) is 0 Å². The van der Waals surface area contributed by atoms with Gasteiger partial charge in [0, 0.05) is 17.5 Å². The van der Waals surface area contributed by atoms with E-state index in [0.717, 1.165) is 13.8 Å². The summed E-state index contributed by atoms with van der Waals surface area (Å²) in [6, 6.07) is 11.8. The van der Waals surface area contributed by atoms with Crippen LogP contribution in [0.5, 0.6) is 5.75 Å². The molecule has 0 atom stereocenters. The lowest BCUT2D eigenvalue weighted by Crippen LogP contribution is -2.39. The number of alkyl halides is 3. The van der Waals surface area contributed by atoms with Crippen LogP contribution >= 0.6 is 11.6 Å². The Balaban J connectivity index is 1.85. The molecule has 0 saturated heterocycles. The monoisotopic (exact) mass is 521 g/mol. The van der Waals surface area contributed by atoms with Gasteiger partial charge in [0.1, 0.15) is 22.8 Å². The summed E-state index contributed by atoms with van der Waals surface area (Å²) in [5.41, 5.74) is -1.54. The molecule has 0 radical (unpaired) electrons. The van der Waals surface area contributed by atoms with Crippen LogP contribution in [-0.2, 0) is 11.2 Å². The number of aryl methyl sites for hydroxylation is 1. The average molecular weight is 522 g/mol. The number of benzene rings is 2. The number of ether oxygens (including phenoxy) is 1. The predicted octanol–water partition coefficient (Wildman–Crippen LogP) is 6.28. The Hall–Kier alpha value is -3.20. The summed E-state index contributed by atoms with van der Waals surface area (Å²) in [7, 11) is 0. The molecule has 0 aliphatic heterocycles. The fraction of sp³-hybridized carbons (Fsp3) is 0.385. The van der Waals surface area contributed by atoms with Gasteiger partial charge in [-0.1, -0.05) is 31.5 Å². The van der Waals surface area contributed by atoms with Crippen molar-refractivity contribution in [3.63, 3.8) is 0 Å². The number of rotatable bonds is 9. The molecule has 192 valence electrons. The first-order valence-electron chi connectivity index (χ1n) is 11.4. The van der Waals surface area contributed by atoms with E-state index >= 15 is 0 Å². The Morgan fingerprint density at radius 1 is 1.08 bits per heavy atom. The number of nitrogens with one attached hydrogen (secondary N) is 1. The molecule has 0 unspecified atom stereocenters. The molecule has 6 nitrogen and oxygen atoms in total. The molecular formula is C26H27ClF3N3O3. The average Bonchev–Trinajstić information content (AvgIpc) is 2.81. The van der Waals surface area contributed by atoms with Crippen molar-refractivity contribution >= 4 is 17.4 Å². The van der Waals surface area contributed by atoms with Gasteiger partial charge in [-0.3, -0.25) is 9.78 Å². The van der Waals surface area contributed by atoms with Crippen LogP contribution in [0, 0.1) is 11.3 Å². The summed E-state index contributed by atoms with van der Waals surface area (Å²) in [6.45, 7) is 6.40. The normalized spacial score (nSPS) is 12.1. The number of ketones is 1. The van der Waals surface area contributed by atoms with Crippen LogP contribution in [0.25, 0.3) is 22.8 Å². The maximum atomic E-state index is 13.2. The van der Waals surface area contributed by atoms with Crippen LogP contribution in [0.4, 0.5) is 13.2 Å². The molecule has 0 amide bonds. The Morgan fingerprint density at radius 3 is 2.36 bits per heavy atom. The number of carbonyl (C=O) groups is 1. The number of hydrogen-bond acceptors (Lipinski definition) is 5. The van der Waals surface area contributed by atoms with E-state index in [9.17, 15) is 22.8 Å². The first-order valence-corrected chi connectivity index (χ1v) is 11.8. The Bertz CT molecular complexity index is 1290. The van der Waals surface area contributed by atoms with E-state index in [2.05, 4.69) is 15.0 Å². The third-order valence-electron chi connectivity index (χ3n) is 5.68. The quantitative estimate of drug-likeness (QED) is 0.358. The Kier molecular flexibility index (Phi) is 8.23. The van der Waals surface area contributed by atoms with Gasteiger partial charge in [-0.2, -0.15) is 18.2 Å². The highest BCUT2D eigenvalue weighted by atomic mass is 35.5. The van der Waals surface area contributed by atoms with Crippen molar-refractivity contribution in [1.29, 1.82) is 0 Å². The first kappa shape index (κ1) is 27.4. The number of aromatic nitrogens is 3. The summed E-state index contributed by atoms with van der Waals surface area (Å²) in [6.07, 6.45) is -4.86.